The van der Waals surface area contributed by atoms with E-state index in [0.29, 0.717) is 4.75 Å². The van der Waals surface area contributed by atoms with E-state index in [-0.39, 0.29) is 0 Å². The predicted molar refractivity (Wildman–Crippen MR) is 87.6 cm³/mol. The van der Waals surface area contributed by atoms with Crippen molar-refractivity contribution >= 4 is 28.2 Å². The van der Waals surface area contributed by atoms with Crippen LogP contribution in [-0.4, -0.2) is 35.1 Å². The van der Waals surface area contributed by atoms with E-state index in [4.69, 9.17) is 4.98 Å². The van der Waals surface area contributed by atoms with Crippen molar-refractivity contribution in [3.05, 3.63) is 10.6 Å². The second-order valence-electron chi connectivity index (χ2n) is 5.71. The Morgan fingerprint density at radius 3 is 2.89 bits per heavy atom. The molecule has 0 bridgehead atoms. The number of nitrogens with one attached hydrogen (secondary N) is 1. The van der Waals surface area contributed by atoms with Crippen molar-refractivity contribution in [2.75, 3.05) is 30.3 Å². The van der Waals surface area contributed by atoms with E-state index < -0.39 is 0 Å². The third kappa shape index (κ3) is 4.10. The fourth-order valence-corrected chi connectivity index (χ4v) is 4.44. The highest BCUT2D eigenvalue weighted by molar-refractivity contribution is 8.00. The summed E-state index contributed by atoms with van der Waals surface area (Å²) in [6, 6.07) is 0. The third-order valence-electron chi connectivity index (χ3n) is 3.29. The van der Waals surface area contributed by atoms with E-state index in [0.717, 1.165) is 26.2 Å². The van der Waals surface area contributed by atoms with Gasteiger partial charge in [-0.15, -0.1) is 11.3 Å². The summed E-state index contributed by atoms with van der Waals surface area (Å²) in [6.45, 7) is 13.3. The molecule has 1 aliphatic rings. The molecule has 0 atom stereocenters. The zero-order valence-electron chi connectivity index (χ0n) is 12.5. The zero-order valence-corrected chi connectivity index (χ0v) is 14.1. The molecule has 0 aromatic carbocycles. The molecule has 108 valence electrons. The number of nitrogens with zero attached hydrogens (tertiary/aromatic N) is 2. The van der Waals surface area contributed by atoms with Gasteiger partial charge in [-0.2, -0.15) is 11.8 Å². The Hall–Kier alpha value is -0.260. The number of anilines is 1. The minimum Gasteiger partial charge on any atom is -0.346 e. The van der Waals surface area contributed by atoms with Gasteiger partial charge in [0.25, 0.3) is 0 Å². The van der Waals surface area contributed by atoms with Gasteiger partial charge < -0.3 is 10.2 Å². The SMILES string of the molecule is CCCNCc1sc(N2CCSC(C)(C)C2)nc1C. The van der Waals surface area contributed by atoms with Crippen molar-refractivity contribution in [3.63, 3.8) is 0 Å². The van der Waals surface area contributed by atoms with Gasteiger partial charge in [0.05, 0.1) is 5.69 Å². The van der Waals surface area contributed by atoms with Gasteiger partial charge in [-0.1, -0.05) is 6.92 Å². The molecule has 2 rings (SSSR count). The molecule has 19 heavy (non-hydrogen) atoms. The first-order chi connectivity index (χ1) is 9.02. The number of hydrogen-bond acceptors (Lipinski definition) is 5. The van der Waals surface area contributed by atoms with Crippen LogP contribution in [0.5, 0.6) is 0 Å². The highest BCUT2D eigenvalue weighted by Gasteiger charge is 2.28. The van der Waals surface area contributed by atoms with Crippen LogP contribution in [0.15, 0.2) is 0 Å². The van der Waals surface area contributed by atoms with Crippen LogP contribution in [0.1, 0.15) is 37.8 Å². The van der Waals surface area contributed by atoms with E-state index in [9.17, 15) is 0 Å². The second kappa shape index (κ2) is 6.46. The number of thioether (sulfide) groups is 1. The van der Waals surface area contributed by atoms with Crippen molar-refractivity contribution < 1.29 is 0 Å². The lowest BCUT2D eigenvalue weighted by atomic mass is 10.2. The summed E-state index contributed by atoms with van der Waals surface area (Å²) in [5, 5.41) is 4.68. The Balaban J connectivity index is 2.02. The molecular formula is C14H25N3S2. The molecule has 0 aliphatic carbocycles. The maximum absolute atomic E-state index is 4.77. The van der Waals surface area contributed by atoms with Gasteiger partial charge in [-0.05, 0) is 33.7 Å². The first-order valence-electron chi connectivity index (χ1n) is 7.08. The van der Waals surface area contributed by atoms with Crippen LogP contribution in [-0.2, 0) is 6.54 Å². The molecule has 0 unspecified atom stereocenters. The van der Waals surface area contributed by atoms with Crippen molar-refractivity contribution in [1.82, 2.24) is 10.3 Å². The van der Waals surface area contributed by atoms with Crippen LogP contribution in [0.2, 0.25) is 0 Å². The molecule has 3 nitrogen and oxygen atoms in total. The average Bonchev–Trinajstić information content (AvgIpc) is 2.70. The van der Waals surface area contributed by atoms with Gasteiger partial charge >= 0.3 is 0 Å². The lowest BCUT2D eigenvalue weighted by Gasteiger charge is -2.37. The van der Waals surface area contributed by atoms with Crippen LogP contribution in [0.4, 0.5) is 5.13 Å². The van der Waals surface area contributed by atoms with Crippen molar-refractivity contribution in [3.8, 4) is 0 Å². The van der Waals surface area contributed by atoms with E-state index in [1.807, 2.05) is 11.3 Å². The van der Waals surface area contributed by atoms with E-state index in [1.54, 1.807) is 0 Å². The van der Waals surface area contributed by atoms with Crippen molar-refractivity contribution in [2.24, 2.45) is 0 Å². The largest absolute Gasteiger partial charge is 0.346 e. The second-order valence-corrected chi connectivity index (χ2v) is 8.58. The number of hydrogen-bond donors (Lipinski definition) is 1. The van der Waals surface area contributed by atoms with Gasteiger partial charge in [0.15, 0.2) is 5.13 Å². The Bertz CT molecular complexity index is 415. The van der Waals surface area contributed by atoms with Crippen LogP contribution in [0.3, 0.4) is 0 Å². The van der Waals surface area contributed by atoms with Gasteiger partial charge in [0.1, 0.15) is 0 Å². The van der Waals surface area contributed by atoms with Crippen LogP contribution in [0.25, 0.3) is 0 Å². The summed E-state index contributed by atoms with van der Waals surface area (Å²) in [4.78, 5) is 8.62. The fraction of sp³-hybridized carbons (Fsp3) is 0.786. The number of aryl methyl sites for hydroxylation is 1. The number of thiazole rings is 1. The first-order valence-corrected chi connectivity index (χ1v) is 8.88. The molecule has 1 aliphatic heterocycles. The number of aromatic nitrogens is 1. The lowest BCUT2D eigenvalue weighted by Crippen LogP contribution is -2.43. The summed E-state index contributed by atoms with van der Waals surface area (Å²) < 4.78 is 0.346. The molecule has 1 aromatic heterocycles. The predicted octanol–water partition coefficient (Wildman–Crippen LogP) is 3.28. The molecule has 0 saturated carbocycles. The summed E-state index contributed by atoms with van der Waals surface area (Å²) in [6.07, 6.45) is 1.18. The molecule has 1 fully saturated rings. The van der Waals surface area contributed by atoms with Gasteiger partial charge in [-0.25, -0.2) is 4.98 Å². The fourth-order valence-electron chi connectivity index (χ4n) is 2.27. The summed E-state index contributed by atoms with van der Waals surface area (Å²) >= 11 is 3.93. The lowest BCUT2D eigenvalue weighted by molar-refractivity contribution is 0.646. The average molecular weight is 300 g/mol. The normalized spacial score (nSPS) is 18.8. The Morgan fingerprint density at radius 2 is 2.21 bits per heavy atom. The Labute approximate surface area is 125 Å². The van der Waals surface area contributed by atoms with E-state index >= 15 is 0 Å². The van der Waals surface area contributed by atoms with Crippen molar-refractivity contribution in [2.45, 2.75) is 45.4 Å². The van der Waals surface area contributed by atoms with E-state index in [1.165, 1.54) is 27.9 Å². The smallest absolute Gasteiger partial charge is 0.185 e. The monoisotopic (exact) mass is 299 g/mol. The minimum atomic E-state index is 0.346. The van der Waals surface area contributed by atoms with Crippen molar-refractivity contribution in [1.29, 1.82) is 0 Å². The standard InChI is InChI=1S/C14H25N3S2/c1-5-6-15-9-12-11(2)16-13(19-12)17-7-8-18-14(3,4)10-17/h15H,5-10H2,1-4H3. The third-order valence-corrected chi connectivity index (χ3v) is 5.81. The number of rotatable bonds is 5. The maximum Gasteiger partial charge on any atom is 0.185 e. The molecule has 0 amide bonds. The molecule has 1 aromatic rings. The summed E-state index contributed by atoms with van der Waals surface area (Å²) in [5.41, 5.74) is 1.19. The molecular weight excluding hydrogens is 274 g/mol. The summed E-state index contributed by atoms with van der Waals surface area (Å²) in [7, 11) is 0. The molecule has 1 N–H and O–H groups in total. The molecule has 0 spiro atoms. The van der Waals surface area contributed by atoms with Crippen LogP contribution >= 0.6 is 23.1 Å². The topological polar surface area (TPSA) is 28.2 Å². The van der Waals surface area contributed by atoms with Crippen LogP contribution < -0.4 is 10.2 Å². The van der Waals surface area contributed by atoms with E-state index in [2.05, 4.69) is 49.7 Å². The Morgan fingerprint density at radius 1 is 1.42 bits per heavy atom. The maximum atomic E-state index is 4.77. The molecule has 1 saturated heterocycles. The quantitative estimate of drug-likeness (QED) is 0.845. The molecule has 0 radical (unpaired) electrons. The zero-order chi connectivity index (χ0) is 13.9. The highest BCUT2D eigenvalue weighted by atomic mass is 32.2. The van der Waals surface area contributed by atoms with Crippen LogP contribution in [0, 0.1) is 6.92 Å². The highest BCUT2D eigenvalue weighted by Crippen LogP contribution is 2.34. The van der Waals surface area contributed by atoms with Gasteiger partial charge in [0, 0.05) is 35.0 Å². The molecule has 5 heteroatoms. The summed E-state index contributed by atoms with van der Waals surface area (Å²) in [5.74, 6) is 1.20. The molecule has 2 heterocycles. The van der Waals surface area contributed by atoms with Gasteiger partial charge in [-0.3, -0.25) is 0 Å². The first kappa shape index (κ1) is 15.1. The van der Waals surface area contributed by atoms with Gasteiger partial charge in [0.2, 0.25) is 0 Å². The Kier molecular flexibility index (Phi) is 5.15. The minimum absolute atomic E-state index is 0.346.